The first-order chi connectivity index (χ1) is 14.8. The summed E-state index contributed by atoms with van der Waals surface area (Å²) in [5, 5.41) is 0. The highest BCUT2D eigenvalue weighted by Crippen LogP contribution is 2.31. The number of rotatable bonds is 11. The molecule has 0 heterocycles. The zero-order valence-corrected chi connectivity index (χ0v) is 17.2. The summed E-state index contributed by atoms with van der Waals surface area (Å²) in [5.41, 5.74) is 4.20. The molecule has 0 aliphatic carbocycles. The molecule has 0 bridgehead atoms. The van der Waals surface area contributed by atoms with E-state index in [-0.39, 0.29) is 11.7 Å². The third kappa shape index (κ3) is 6.40. The Bertz CT molecular complexity index is 944. The summed E-state index contributed by atoms with van der Waals surface area (Å²) >= 11 is 0. The van der Waals surface area contributed by atoms with Crippen molar-refractivity contribution in [2.45, 2.75) is 25.4 Å². The average molecular weight is 397 g/mol. The van der Waals surface area contributed by atoms with Gasteiger partial charge < -0.3 is 4.74 Å². The van der Waals surface area contributed by atoms with Crippen LogP contribution in [-0.2, 0) is 11.3 Å². The third-order valence-electron chi connectivity index (χ3n) is 5.11. The number of Topliss-reactive ketones (excluding diaryl/α,β-unsaturated/α-hetero) is 1. The number of hydrogen-bond donors (Lipinski definition) is 0. The Labute approximate surface area is 179 Å². The van der Waals surface area contributed by atoms with E-state index in [0.29, 0.717) is 19.6 Å². The summed E-state index contributed by atoms with van der Waals surface area (Å²) in [5.74, 6) is 0.141. The molecule has 3 aromatic carbocycles. The van der Waals surface area contributed by atoms with Gasteiger partial charge in [0.05, 0.1) is 13.2 Å². The van der Waals surface area contributed by atoms with Gasteiger partial charge >= 0.3 is 0 Å². The zero-order valence-electron chi connectivity index (χ0n) is 17.2. The number of carbonyl (C=O) groups is 1. The molecule has 0 aliphatic rings. The maximum atomic E-state index is 13.0. The van der Waals surface area contributed by atoms with Gasteiger partial charge in [0, 0.05) is 17.9 Å². The molecule has 0 saturated heterocycles. The second kappa shape index (κ2) is 11.7. The highest BCUT2D eigenvalue weighted by Gasteiger charge is 2.21. The SMILES string of the molecule is C=C/C=C(\CCOCc1ccccc1)C(CC(=O)c1ccccc1)c1ccccc1. The number of ketones is 1. The minimum atomic E-state index is -0.00256. The summed E-state index contributed by atoms with van der Waals surface area (Å²) in [6, 6.07) is 29.9. The fourth-order valence-corrected chi connectivity index (χ4v) is 3.56. The van der Waals surface area contributed by atoms with E-state index in [2.05, 4.69) is 30.8 Å². The monoisotopic (exact) mass is 396 g/mol. The molecular formula is C28H28O2. The van der Waals surface area contributed by atoms with Crippen molar-refractivity contribution in [2.24, 2.45) is 0 Å². The van der Waals surface area contributed by atoms with Crippen LogP contribution in [0.5, 0.6) is 0 Å². The van der Waals surface area contributed by atoms with Crippen molar-refractivity contribution >= 4 is 5.78 Å². The van der Waals surface area contributed by atoms with Gasteiger partial charge in [-0.25, -0.2) is 0 Å². The minimum absolute atomic E-state index is 0.00256. The number of benzene rings is 3. The van der Waals surface area contributed by atoms with Gasteiger partial charge in [-0.15, -0.1) is 0 Å². The maximum absolute atomic E-state index is 13.0. The van der Waals surface area contributed by atoms with Crippen LogP contribution >= 0.6 is 0 Å². The first-order valence-electron chi connectivity index (χ1n) is 10.3. The average Bonchev–Trinajstić information content (AvgIpc) is 2.81. The lowest BCUT2D eigenvalue weighted by molar-refractivity contribution is 0.0973. The van der Waals surface area contributed by atoms with Crippen molar-refractivity contribution in [3.8, 4) is 0 Å². The lowest BCUT2D eigenvalue weighted by atomic mass is 9.84. The molecule has 0 saturated carbocycles. The fraction of sp³-hybridized carbons (Fsp3) is 0.179. The highest BCUT2D eigenvalue weighted by molar-refractivity contribution is 5.96. The molecule has 0 aromatic heterocycles. The second-order valence-electron chi connectivity index (χ2n) is 7.22. The topological polar surface area (TPSA) is 26.3 Å². The van der Waals surface area contributed by atoms with E-state index in [4.69, 9.17) is 4.74 Å². The quantitative estimate of drug-likeness (QED) is 0.203. The number of carbonyl (C=O) groups excluding carboxylic acids is 1. The highest BCUT2D eigenvalue weighted by atomic mass is 16.5. The molecule has 2 heteroatoms. The summed E-state index contributed by atoms with van der Waals surface area (Å²) < 4.78 is 5.91. The normalized spacial score (nSPS) is 12.3. The lowest BCUT2D eigenvalue weighted by Gasteiger charge is -2.21. The van der Waals surface area contributed by atoms with Crippen LogP contribution in [0.4, 0.5) is 0 Å². The van der Waals surface area contributed by atoms with E-state index in [1.165, 1.54) is 0 Å². The van der Waals surface area contributed by atoms with Crippen molar-refractivity contribution in [2.75, 3.05) is 6.61 Å². The van der Waals surface area contributed by atoms with Crippen LogP contribution in [0, 0.1) is 0 Å². The van der Waals surface area contributed by atoms with Gasteiger partial charge in [-0.2, -0.15) is 0 Å². The molecule has 0 fully saturated rings. The van der Waals surface area contributed by atoms with Crippen LogP contribution in [0.1, 0.15) is 40.2 Å². The number of hydrogen-bond acceptors (Lipinski definition) is 2. The predicted octanol–water partition coefficient (Wildman–Crippen LogP) is 6.76. The summed E-state index contributed by atoms with van der Waals surface area (Å²) in [4.78, 5) is 13.0. The molecule has 3 aromatic rings. The van der Waals surface area contributed by atoms with E-state index in [0.717, 1.165) is 28.7 Å². The molecule has 0 amide bonds. The van der Waals surface area contributed by atoms with Crippen LogP contribution in [0.15, 0.2) is 115 Å². The molecule has 1 atom stereocenters. The molecule has 152 valence electrons. The van der Waals surface area contributed by atoms with Crippen LogP contribution in [-0.4, -0.2) is 12.4 Å². The minimum Gasteiger partial charge on any atom is -0.376 e. The maximum Gasteiger partial charge on any atom is 0.163 e. The molecule has 30 heavy (non-hydrogen) atoms. The smallest absolute Gasteiger partial charge is 0.163 e. The first kappa shape index (κ1) is 21.5. The Balaban J connectivity index is 1.72. The summed E-state index contributed by atoms with van der Waals surface area (Å²) in [6.07, 6.45) is 5.00. The summed E-state index contributed by atoms with van der Waals surface area (Å²) in [6.45, 7) is 5.07. The van der Waals surface area contributed by atoms with Crippen molar-refractivity contribution < 1.29 is 9.53 Å². The van der Waals surface area contributed by atoms with Crippen LogP contribution in [0.3, 0.4) is 0 Å². The van der Waals surface area contributed by atoms with Gasteiger partial charge in [-0.3, -0.25) is 4.79 Å². The molecule has 2 nitrogen and oxygen atoms in total. The Hall–Kier alpha value is -3.23. The molecule has 0 N–H and O–H groups in total. The van der Waals surface area contributed by atoms with E-state index >= 15 is 0 Å². The second-order valence-corrected chi connectivity index (χ2v) is 7.22. The Morgan fingerprint density at radius 2 is 1.47 bits per heavy atom. The molecular weight excluding hydrogens is 368 g/mol. The lowest BCUT2D eigenvalue weighted by Crippen LogP contribution is -2.12. The molecule has 1 unspecified atom stereocenters. The van der Waals surface area contributed by atoms with E-state index in [1.54, 1.807) is 6.08 Å². The van der Waals surface area contributed by atoms with Crippen LogP contribution < -0.4 is 0 Å². The van der Waals surface area contributed by atoms with Crippen molar-refractivity contribution in [1.29, 1.82) is 0 Å². The molecule has 0 spiro atoms. The predicted molar refractivity (Wildman–Crippen MR) is 124 cm³/mol. The standard InChI is InChI=1S/C28H28O2/c1-2-12-24(19-20-30-22-23-13-6-3-7-14-23)27(25-15-8-4-9-16-25)21-28(29)26-17-10-5-11-18-26/h2-18,27H,1,19-22H2/b24-12+. The fourth-order valence-electron chi connectivity index (χ4n) is 3.56. The Kier molecular flexibility index (Phi) is 8.37. The largest absolute Gasteiger partial charge is 0.376 e. The van der Waals surface area contributed by atoms with E-state index < -0.39 is 0 Å². The van der Waals surface area contributed by atoms with Gasteiger partial charge in [0.25, 0.3) is 0 Å². The number of allylic oxidation sites excluding steroid dienone is 2. The molecule has 3 rings (SSSR count). The molecule has 0 aliphatic heterocycles. The Morgan fingerprint density at radius 3 is 2.10 bits per heavy atom. The summed E-state index contributed by atoms with van der Waals surface area (Å²) in [7, 11) is 0. The van der Waals surface area contributed by atoms with Gasteiger partial charge in [0.15, 0.2) is 5.78 Å². The van der Waals surface area contributed by atoms with Gasteiger partial charge in [-0.1, -0.05) is 115 Å². The van der Waals surface area contributed by atoms with Crippen molar-refractivity contribution in [3.05, 3.63) is 132 Å². The van der Waals surface area contributed by atoms with Crippen LogP contribution in [0.2, 0.25) is 0 Å². The molecule has 0 radical (unpaired) electrons. The number of ether oxygens (including phenoxy) is 1. The van der Waals surface area contributed by atoms with Crippen molar-refractivity contribution in [3.63, 3.8) is 0 Å². The van der Waals surface area contributed by atoms with Gasteiger partial charge in [-0.05, 0) is 17.5 Å². The first-order valence-corrected chi connectivity index (χ1v) is 10.3. The van der Waals surface area contributed by atoms with E-state index in [1.807, 2.05) is 72.8 Å². The van der Waals surface area contributed by atoms with Gasteiger partial charge in [0.1, 0.15) is 0 Å². The van der Waals surface area contributed by atoms with Gasteiger partial charge in [0.2, 0.25) is 0 Å². The van der Waals surface area contributed by atoms with E-state index in [9.17, 15) is 4.79 Å². The zero-order chi connectivity index (χ0) is 21.0. The van der Waals surface area contributed by atoms with Crippen molar-refractivity contribution in [1.82, 2.24) is 0 Å². The van der Waals surface area contributed by atoms with Crippen LogP contribution in [0.25, 0.3) is 0 Å². The Morgan fingerprint density at radius 1 is 0.867 bits per heavy atom. The third-order valence-corrected chi connectivity index (χ3v) is 5.11.